The molecule has 2 aliphatic rings. The standard InChI is InChI=1S/C17H25NO2/c1-13-9-14-6-8-17(7-4-5-15(14)18-10-13)19-11-16(2,3)12-20-17/h9-10H,4-8,11-12H2,1-3H3. The smallest absolute Gasteiger partial charge is 0.168 e. The average Bonchev–Trinajstić information content (AvgIpc) is 2.39. The summed E-state index contributed by atoms with van der Waals surface area (Å²) in [5, 5.41) is 0. The topological polar surface area (TPSA) is 31.4 Å². The number of ether oxygens (including phenoxy) is 2. The SMILES string of the molecule is Cc1cnc2c(c1)CCC1(CCC2)OCC(C)(C)CO1. The highest BCUT2D eigenvalue weighted by Gasteiger charge is 2.40. The maximum absolute atomic E-state index is 6.16. The molecule has 1 aromatic heterocycles. The zero-order chi connectivity index (χ0) is 14.2. The van der Waals surface area contributed by atoms with Gasteiger partial charge in [0.25, 0.3) is 0 Å². The molecule has 0 bridgehead atoms. The van der Waals surface area contributed by atoms with Gasteiger partial charge in [-0.25, -0.2) is 0 Å². The first-order chi connectivity index (χ1) is 9.48. The Morgan fingerprint density at radius 3 is 2.60 bits per heavy atom. The van der Waals surface area contributed by atoms with Crippen molar-refractivity contribution in [2.75, 3.05) is 13.2 Å². The van der Waals surface area contributed by atoms with Crippen LogP contribution in [0, 0.1) is 12.3 Å². The van der Waals surface area contributed by atoms with Crippen molar-refractivity contribution in [2.45, 2.75) is 58.7 Å². The molecule has 0 N–H and O–H groups in total. The molecule has 1 aliphatic heterocycles. The summed E-state index contributed by atoms with van der Waals surface area (Å²) in [4.78, 5) is 4.60. The molecule has 1 aromatic rings. The summed E-state index contributed by atoms with van der Waals surface area (Å²) in [5.41, 5.74) is 4.02. The third-order valence-electron chi connectivity index (χ3n) is 4.39. The van der Waals surface area contributed by atoms with Crippen molar-refractivity contribution in [3.05, 3.63) is 29.1 Å². The molecule has 0 amide bonds. The van der Waals surface area contributed by atoms with Gasteiger partial charge in [-0.15, -0.1) is 0 Å². The Kier molecular flexibility index (Phi) is 3.59. The van der Waals surface area contributed by atoms with Gasteiger partial charge in [-0.3, -0.25) is 4.98 Å². The summed E-state index contributed by atoms with van der Waals surface area (Å²) < 4.78 is 12.3. The summed E-state index contributed by atoms with van der Waals surface area (Å²) in [5.74, 6) is -0.350. The van der Waals surface area contributed by atoms with Crippen LogP contribution >= 0.6 is 0 Å². The minimum atomic E-state index is -0.350. The molecule has 0 aromatic carbocycles. The third-order valence-corrected chi connectivity index (χ3v) is 4.39. The molecule has 110 valence electrons. The van der Waals surface area contributed by atoms with Crippen LogP contribution in [0.15, 0.2) is 12.3 Å². The predicted molar refractivity (Wildman–Crippen MR) is 78.6 cm³/mol. The van der Waals surface area contributed by atoms with Crippen LogP contribution in [-0.2, 0) is 22.3 Å². The highest BCUT2D eigenvalue weighted by molar-refractivity contribution is 5.25. The van der Waals surface area contributed by atoms with Gasteiger partial charge < -0.3 is 9.47 Å². The van der Waals surface area contributed by atoms with Crippen LogP contribution in [0.2, 0.25) is 0 Å². The molecule has 1 fully saturated rings. The molecule has 20 heavy (non-hydrogen) atoms. The van der Waals surface area contributed by atoms with E-state index >= 15 is 0 Å². The zero-order valence-electron chi connectivity index (χ0n) is 12.9. The van der Waals surface area contributed by atoms with E-state index in [9.17, 15) is 0 Å². The number of aromatic nitrogens is 1. The van der Waals surface area contributed by atoms with Gasteiger partial charge in [0.15, 0.2) is 5.79 Å². The Morgan fingerprint density at radius 1 is 1.10 bits per heavy atom. The molecule has 1 aliphatic carbocycles. The van der Waals surface area contributed by atoms with Crippen LogP contribution in [0.25, 0.3) is 0 Å². The Labute approximate surface area is 121 Å². The lowest BCUT2D eigenvalue weighted by Crippen LogP contribution is -2.48. The van der Waals surface area contributed by atoms with Gasteiger partial charge >= 0.3 is 0 Å². The molecule has 2 heterocycles. The van der Waals surface area contributed by atoms with Gasteiger partial charge in [-0.2, -0.15) is 0 Å². The van der Waals surface area contributed by atoms with Crippen LogP contribution in [-0.4, -0.2) is 24.0 Å². The minimum Gasteiger partial charge on any atom is -0.349 e. The van der Waals surface area contributed by atoms with Crippen LogP contribution in [0.1, 0.15) is 49.9 Å². The first kappa shape index (κ1) is 14.0. The van der Waals surface area contributed by atoms with Gasteiger partial charge in [0.1, 0.15) is 0 Å². The monoisotopic (exact) mass is 275 g/mol. The van der Waals surface area contributed by atoms with Crippen molar-refractivity contribution in [1.82, 2.24) is 4.98 Å². The lowest BCUT2D eigenvalue weighted by Gasteiger charge is -2.44. The normalized spacial score (nSPS) is 24.8. The molecule has 0 radical (unpaired) electrons. The molecule has 3 nitrogen and oxygen atoms in total. The molecule has 1 saturated heterocycles. The highest BCUT2D eigenvalue weighted by atomic mass is 16.7. The van der Waals surface area contributed by atoms with Crippen molar-refractivity contribution in [3.8, 4) is 0 Å². The first-order valence-corrected chi connectivity index (χ1v) is 7.70. The number of rotatable bonds is 0. The molecule has 0 atom stereocenters. The molecule has 1 spiro atoms. The average molecular weight is 275 g/mol. The predicted octanol–water partition coefficient (Wildman–Crippen LogP) is 3.43. The molecular formula is C17H25NO2. The van der Waals surface area contributed by atoms with E-state index in [1.807, 2.05) is 6.20 Å². The molecule has 0 saturated carbocycles. The first-order valence-electron chi connectivity index (χ1n) is 7.70. The van der Waals surface area contributed by atoms with E-state index in [2.05, 4.69) is 31.8 Å². The van der Waals surface area contributed by atoms with E-state index in [-0.39, 0.29) is 11.2 Å². The number of nitrogens with zero attached hydrogens (tertiary/aromatic N) is 1. The number of hydrogen-bond acceptors (Lipinski definition) is 3. The van der Waals surface area contributed by atoms with Gasteiger partial charge in [-0.05, 0) is 37.3 Å². The Morgan fingerprint density at radius 2 is 1.85 bits per heavy atom. The van der Waals surface area contributed by atoms with Crippen molar-refractivity contribution < 1.29 is 9.47 Å². The van der Waals surface area contributed by atoms with Crippen molar-refractivity contribution in [2.24, 2.45) is 5.41 Å². The van der Waals surface area contributed by atoms with E-state index in [0.717, 1.165) is 45.3 Å². The van der Waals surface area contributed by atoms with Crippen LogP contribution in [0.4, 0.5) is 0 Å². The fourth-order valence-corrected chi connectivity index (χ4v) is 3.10. The van der Waals surface area contributed by atoms with E-state index in [0.29, 0.717) is 0 Å². The zero-order valence-corrected chi connectivity index (χ0v) is 12.9. The fraction of sp³-hybridized carbons (Fsp3) is 0.706. The van der Waals surface area contributed by atoms with Gasteiger partial charge in [0.2, 0.25) is 0 Å². The highest BCUT2D eigenvalue weighted by Crippen LogP contribution is 2.37. The maximum atomic E-state index is 6.16. The number of aryl methyl sites for hydroxylation is 3. The summed E-state index contributed by atoms with van der Waals surface area (Å²) in [6, 6.07) is 2.27. The minimum absolute atomic E-state index is 0.143. The fourth-order valence-electron chi connectivity index (χ4n) is 3.10. The maximum Gasteiger partial charge on any atom is 0.168 e. The molecule has 3 heteroatoms. The van der Waals surface area contributed by atoms with Crippen LogP contribution < -0.4 is 0 Å². The number of fused-ring (bicyclic) bond motifs is 1. The summed E-state index contributed by atoms with van der Waals surface area (Å²) in [6.07, 6.45) is 7.03. The number of hydrogen-bond donors (Lipinski definition) is 0. The molecule has 0 unspecified atom stereocenters. The van der Waals surface area contributed by atoms with Gasteiger partial charge in [-0.1, -0.05) is 19.9 Å². The van der Waals surface area contributed by atoms with E-state index < -0.39 is 0 Å². The van der Waals surface area contributed by atoms with Crippen molar-refractivity contribution in [1.29, 1.82) is 0 Å². The van der Waals surface area contributed by atoms with Gasteiger partial charge in [0.05, 0.1) is 13.2 Å². The van der Waals surface area contributed by atoms with Crippen molar-refractivity contribution >= 4 is 0 Å². The van der Waals surface area contributed by atoms with Crippen LogP contribution in [0.3, 0.4) is 0 Å². The second kappa shape index (κ2) is 5.12. The second-order valence-corrected chi connectivity index (χ2v) is 7.12. The lowest BCUT2D eigenvalue weighted by molar-refractivity contribution is -0.304. The lowest BCUT2D eigenvalue weighted by atomic mass is 9.89. The summed E-state index contributed by atoms with van der Waals surface area (Å²) in [6.45, 7) is 8.10. The Bertz CT molecular complexity index is 486. The summed E-state index contributed by atoms with van der Waals surface area (Å²) >= 11 is 0. The quantitative estimate of drug-likeness (QED) is 0.727. The van der Waals surface area contributed by atoms with Crippen molar-refractivity contribution in [3.63, 3.8) is 0 Å². The van der Waals surface area contributed by atoms with E-state index in [1.54, 1.807) is 0 Å². The Hall–Kier alpha value is -0.930. The van der Waals surface area contributed by atoms with Gasteiger partial charge in [0, 0.05) is 30.1 Å². The molecule has 3 rings (SSSR count). The number of pyridine rings is 1. The summed E-state index contributed by atoms with van der Waals surface area (Å²) in [7, 11) is 0. The molecular weight excluding hydrogens is 250 g/mol. The Balaban J connectivity index is 1.76. The van der Waals surface area contributed by atoms with E-state index in [1.165, 1.54) is 16.8 Å². The second-order valence-electron chi connectivity index (χ2n) is 7.12. The largest absolute Gasteiger partial charge is 0.349 e. The van der Waals surface area contributed by atoms with E-state index in [4.69, 9.17) is 9.47 Å². The third kappa shape index (κ3) is 2.89. The van der Waals surface area contributed by atoms with Crippen LogP contribution in [0.5, 0.6) is 0 Å².